The highest BCUT2D eigenvalue weighted by atomic mass is 32.2. The first-order chi connectivity index (χ1) is 9.37. The number of esters is 1. The summed E-state index contributed by atoms with van der Waals surface area (Å²) in [5.41, 5.74) is 0.303. The Morgan fingerprint density at radius 3 is 2.55 bits per heavy atom. The third-order valence-electron chi connectivity index (χ3n) is 3.08. The minimum absolute atomic E-state index is 0.0497. The second-order valence-corrected chi connectivity index (χ2v) is 6.57. The molecule has 1 heterocycles. The maximum Gasteiger partial charge on any atom is 0.321 e. The van der Waals surface area contributed by atoms with Crippen LogP contribution in [0.4, 0.5) is 0 Å². The molecule has 0 spiro atoms. The Kier molecular flexibility index (Phi) is 4.14. The average molecular weight is 302 g/mol. The van der Waals surface area contributed by atoms with Gasteiger partial charge in [-0.2, -0.15) is 4.31 Å². The summed E-state index contributed by atoms with van der Waals surface area (Å²) in [6.07, 6.45) is 1.50. The van der Waals surface area contributed by atoms with E-state index in [1.165, 1.54) is 4.31 Å². The molecular weight excluding hydrogens is 284 g/mol. The number of hydrogen-bond acceptors (Lipinski definition) is 6. The van der Waals surface area contributed by atoms with Gasteiger partial charge in [-0.05, 0) is 33.6 Å². The number of aryl methyl sites for hydroxylation is 2. The van der Waals surface area contributed by atoms with Crippen LogP contribution in [0.5, 0.6) is 0 Å². The molecule has 20 heavy (non-hydrogen) atoms. The van der Waals surface area contributed by atoms with Crippen LogP contribution in [0.25, 0.3) is 0 Å². The number of ether oxygens (including phenoxy) is 1. The van der Waals surface area contributed by atoms with Crippen molar-refractivity contribution in [1.29, 1.82) is 0 Å². The van der Waals surface area contributed by atoms with Crippen LogP contribution in [0, 0.1) is 13.8 Å². The Hall–Kier alpha value is -1.41. The number of nitrogens with zero attached hydrogens (tertiary/aromatic N) is 2. The fraction of sp³-hybridized carbons (Fsp3) is 0.667. The minimum atomic E-state index is -3.79. The Balaban J connectivity index is 2.31. The van der Waals surface area contributed by atoms with Crippen molar-refractivity contribution in [1.82, 2.24) is 9.46 Å². The van der Waals surface area contributed by atoms with Gasteiger partial charge in [0.05, 0.1) is 6.61 Å². The summed E-state index contributed by atoms with van der Waals surface area (Å²) in [4.78, 5) is 11.7. The molecule has 8 heteroatoms. The SMILES string of the molecule is CCOC(=O)CN(C1CC1)S(=O)(=O)c1c(C)noc1C. The highest BCUT2D eigenvalue weighted by Gasteiger charge is 2.42. The molecule has 0 saturated heterocycles. The third-order valence-corrected chi connectivity index (χ3v) is 5.22. The summed E-state index contributed by atoms with van der Waals surface area (Å²) in [5, 5.41) is 3.66. The molecule has 0 radical (unpaired) electrons. The molecule has 7 nitrogen and oxygen atoms in total. The summed E-state index contributed by atoms with van der Waals surface area (Å²) < 4.78 is 36.3. The normalized spacial score (nSPS) is 15.6. The summed E-state index contributed by atoms with van der Waals surface area (Å²) in [6, 6.07) is -0.141. The number of rotatable bonds is 6. The zero-order valence-corrected chi connectivity index (χ0v) is 12.6. The van der Waals surface area contributed by atoms with Gasteiger partial charge in [-0.25, -0.2) is 8.42 Å². The molecule has 0 atom stereocenters. The lowest BCUT2D eigenvalue weighted by Gasteiger charge is -2.20. The van der Waals surface area contributed by atoms with Crippen LogP contribution in [-0.4, -0.2) is 43.0 Å². The lowest BCUT2D eigenvalue weighted by Crippen LogP contribution is -2.38. The summed E-state index contributed by atoms with van der Waals surface area (Å²) in [7, 11) is -3.79. The lowest BCUT2D eigenvalue weighted by molar-refractivity contribution is -0.143. The Bertz CT molecular complexity index is 584. The van der Waals surface area contributed by atoms with E-state index in [9.17, 15) is 13.2 Å². The summed E-state index contributed by atoms with van der Waals surface area (Å²) >= 11 is 0. The lowest BCUT2D eigenvalue weighted by atomic mass is 10.4. The van der Waals surface area contributed by atoms with E-state index >= 15 is 0 Å². The highest BCUT2D eigenvalue weighted by Crippen LogP contribution is 2.33. The van der Waals surface area contributed by atoms with Crippen molar-refractivity contribution in [3.63, 3.8) is 0 Å². The fourth-order valence-corrected chi connectivity index (χ4v) is 3.99. The first-order valence-corrected chi connectivity index (χ1v) is 7.92. The molecule has 1 aromatic rings. The van der Waals surface area contributed by atoms with Crippen LogP contribution < -0.4 is 0 Å². The highest BCUT2D eigenvalue weighted by molar-refractivity contribution is 7.89. The molecule has 0 aromatic carbocycles. The maximum absolute atomic E-state index is 12.7. The van der Waals surface area contributed by atoms with Gasteiger partial charge in [-0.3, -0.25) is 4.79 Å². The first kappa shape index (κ1) is 15.0. The van der Waals surface area contributed by atoms with Gasteiger partial charge in [0.15, 0.2) is 5.76 Å². The van der Waals surface area contributed by atoms with Gasteiger partial charge >= 0.3 is 5.97 Å². The smallest absolute Gasteiger partial charge is 0.321 e. The molecule has 0 N–H and O–H groups in total. The van der Waals surface area contributed by atoms with Crippen molar-refractivity contribution in [2.24, 2.45) is 0 Å². The topological polar surface area (TPSA) is 89.7 Å². The zero-order chi connectivity index (χ0) is 14.9. The van der Waals surface area contributed by atoms with Crippen molar-refractivity contribution < 1.29 is 22.5 Å². The molecule has 1 aromatic heterocycles. The second kappa shape index (κ2) is 5.53. The fourth-order valence-electron chi connectivity index (χ4n) is 2.07. The van der Waals surface area contributed by atoms with E-state index in [1.54, 1.807) is 20.8 Å². The van der Waals surface area contributed by atoms with Gasteiger partial charge in [0.25, 0.3) is 0 Å². The summed E-state index contributed by atoms with van der Waals surface area (Å²) in [6.45, 7) is 4.75. The molecular formula is C12H18N2O5S. The average Bonchev–Trinajstić information content (AvgIpc) is 3.12. The van der Waals surface area contributed by atoms with Gasteiger partial charge in [0.2, 0.25) is 10.0 Å². The quantitative estimate of drug-likeness (QED) is 0.728. The number of aromatic nitrogens is 1. The van der Waals surface area contributed by atoms with E-state index in [2.05, 4.69) is 5.16 Å². The predicted octanol–water partition coefficient (Wildman–Crippen LogP) is 1.01. The van der Waals surface area contributed by atoms with E-state index < -0.39 is 16.0 Å². The molecule has 112 valence electrons. The maximum atomic E-state index is 12.7. The van der Waals surface area contributed by atoms with Gasteiger partial charge < -0.3 is 9.26 Å². The monoisotopic (exact) mass is 302 g/mol. The number of carbonyl (C=O) groups is 1. The molecule has 0 aliphatic heterocycles. The van der Waals surface area contributed by atoms with Crippen molar-refractivity contribution in [2.45, 2.75) is 44.6 Å². The standard InChI is InChI=1S/C12H18N2O5S/c1-4-18-11(15)7-14(10-5-6-10)20(16,17)12-8(2)13-19-9(12)3/h10H,4-7H2,1-3H3. The van der Waals surface area contributed by atoms with Crippen LogP contribution in [0.1, 0.15) is 31.2 Å². The molecule has 0 unspecified atom stereocenters. The van der Waals surface area contributed by atoms with E-state index in [0.717, 1.165) is 12.8 Å². The third kappa shape index (κ3) is 2.85. The number of sulfonamides is 1. The molecule has 0 bridgehead atoms. The Labute approximate surface area is 117 Å². The van der Waals surface area contributed by atoms with Crippen LogP contribution in [0.3, 0.4) is 0 Å². The molecule has 1 aliphatic carbocycles. The minimum Gasteiger partial charge on any atom is -0.465 e. The van der Waals surface area contributed by atoms with Crippen molar-refractivity contribution in [2.75, 3.05) is 13.2 Å². The number of carbonyl (C=O) groups excluding carboxylic acids is 1. The zero-order valence-electron chi connectivity index (χ0n) is 11.7. The van der Waals surface area contributed by atoms with Crippen LogP contribution in [0.15, 0.2) is 9.42 Å². The first-order valence-electron chi connectivity index (χ1n) is 6.48. The van der Waals surface area contributed by atoms with Crippen molar-refractivity contribution >= 4 is 16.0 Å². The Morgan fingerprint density at radius 2 is 2.10 bits per heavy atom. The predicted molar refractivity (Wildman–Crippen MR) is 69.5 cm³/mol. The largest absolute Gasteiger partial charge is 0.465 e. The molecule has 1 saturated carbocycles. The van der Waals surface area contributed by atoms with E-state index in [4.69, 9.17) is 9.26 Å². The molecule has 2 rings (SSSR count). The van der Waals surface area contributed by atoms with Gasteiger partial charge in [-0.15, -0.1) is 0 Å². The van der Waals surface area contributed by atoms with Crippen LogP contribution in [0.2, 0.25) is 0 Å². The van der Waals surface area contributed by atoms with Crippen molar-refractivity contribution in [3.05, 3.63) is 11.5 Å². The van der Waals surface area contributed by atoms with E-state index in [0.29, 0.717) is 5.69 Å². The van der Waals surface area contributed by atoms with E-state index in [-0.39, 0.29) is 29.8 Å². The molecule has 1 aliphatic rings. The van der Waals surface area contributed by atoms with Gasteiger partial charge in [0, 0.05) is 6.04 Å². The Morgan fingerprint density at radius 1 is 1.45 bits per heavy atom. The van der Waals surface area contributed by atoms with Gasteiger partial charge in [-0.1, -0.05) is 5.16 Å². The second-order valence-electron chi connectivity index (χ2n) is 4.74. The van der Waals surface area contributed by atoms with Gasteiger partial charge in [0.1, 0.15) is 17.1 Å². The number of hydrogen-bond donors (Lipinski definition) is 0. The van der Waals surface area contributed by atoms with E-state index in [1.807, 2.05) is 0 Å². The summed E-state index contributed by atoms with van der Waals surface area (Å²) in [5.74, 6) is -0.313. The molecule has 0 amide bonds. The van der Waals surface area contributed by atoms with Crippen LogP contribution >= 0.6 is 0 Å². The molecule has 1 fully saturated rings. The van der Waals surface area contributed by atoms with Crippen LogP contribution in [-0.2, 0) is 19.6 Å². The van der Waals surface area contributed by atoms with Crippen molar-refractivity contribution in [3.8, 4) is 0 Å².